The second-order valence-electron chi connectivity index (χ2n) is 3.75. The van der Waals surface area contributed by atoms with Gasteiger partial charge < -0.3 is 20.2 Å². The van der Waals surface area contributed by atoms with Crippen LogP contribution in [0.3, 0.4) is 0 Å². The first kappa shape index (κ1) is 14.2. The van der Waals surface area contributed by atoms with Crippen molar-refractivity contribution in [2.45, 2.75) is 0 Å². The van der Waals surface area contributed by atoms with Crippen molar-refractivity contribution >= 4 is 28.9 Å². The first-order chi connectivity index (χ1) is 9.67. The minimum Gasteiger partial charge on any atom is -0.495 e. The van der Waals surface area contributed by atoms with Crippen LogP contribution in [0.4, 0.5) is 17.3 Å². The van der Waals surface area contributed by atoms with Crippen LogP contribution in [0.15, 0.2) is 24.5 Å². The third kappa shape index (κ3) is 3.01. The number of nitrogens with one attached hydrogen (secondary N) is 2. The zero-order valence-electron chi connectivity index (χ0n) is 11.0. The number of nitrogen functional groups attached to an aromatic ring is 1. The molecule has 0 unspecified atom stereocenters. The van der Waals surface area contributed by atoms with E-state index in [-0.39, 0.29) is 0 Å². The van der Waals surface area contributed by atoms with Crippen LogP contribution in [0.25, 0.3) is 0 Å². The molecular weight excluding hydrogens is 282 g/mol. The van der Waals surface area contributed by atoms with Crippen LogP contribution in [-0.4, -0.2) is 24.2 Å². The van der Waals surface area contributed by atoms with Gasteiger partial charge in [0.05, 0.1) is 37.3 Å². The molecule has 4 N–H and O–H groups in total. The minimum absolute atomic E-state index is 0.438. The number of nitrogens with zero attached hydrogens (tertiary/aromatic N) is 2. The summed E-state index contributed by atoms with van der Waals surface area (Å²) in [6.45, 7) is 0. The van der Waals surface area contributed by atoms with Crippen molar-refractivity contribution in [3.05, 3.63) is 29.5 Å². The van der Waals surface area contributed by atoms with Gasteiger partial charge in [-0.1, -0.05) is 11.6 Å². The van der Waals surface area contributed by atoms with Gasteiger partial charge in [-0.3, -0.25) is 4.98 Å². The lowest BCUT2D eigenvalue weighted by atomic mass is 10.2. The van der Waals surface area contributed by atoms with Crippen LogP contribution >= 0.6 is 11.6 Å². The SMILES string of the molecule is COc1cc(OC)c(Nc2cncc(NN)n2)cc1Cl. The van der Waals surface area contributed by atoms with Crippen molar-refractivity contribution in [1.82, 2.24) is 9.97 Å². The van der Waals surface area contributed by atoms with E-state index in [4.69, 9.17) is 26.9 Å². The molecule has 1 heterocycles. The lowest BCUT2D eigenvalue weighted by Gasteiger charge is -2.13. The summed E-state index contributed by atoms with van der Waals surface area (Å²) in [5.74, 6) is 7.32. The molecule has 0 fully saturated rings. The van der Waals surface area contributed by atoms with Gasteiger partial charge >= 0.3 is 0 Å². The van der Waals surface area contributed by atoms with Crippen LogP contribution in [0.1, 0.15) is 0 Å². The smallest absolute Gasteiger partial charge is 0.160 e. The monoisotopic (exact) mass is 295 g/mol. The van der Waals surface area contributed by atoms with E-state index in [0.717, 1.165) is 0 Å². The molecule has 2 rings (SSSR count). The molecule has 0 spiro atoms. The van der Waals surface area contributed by atoms with Gasteiger partial charge in [-0.25, -0.2) is 10.8 Å². The van der Waals surface area contributed by atoms with Gasteiger partial charge in [0.2, 0.25) is 0 Å². The van der Waals surface area contributed by atoms with Crippen molar-refractivity contribution in [2.75, 3.05) is 25.0 Å². The lowest BCUT2D eigenvalue weighted by molar-refractivity contribution is 0.396. The summed E-state index contributed by atoms with van der Waals surface area (Å²) in [7, 11) is 3.09. The predicted octanol–water partition coefficient (Wildman–Crippen LogP) is 2.18. The van der Waals surface area contributed by atoms with Crippen molar-refractivity contribution in [3.8, 4) is 11.5 Å². The number of benzene rings is 1. The van der Waals surface area contributed by atoms with Crippen LogP contribution < -0.4 is 26.1 Å². The molecule has 2 aromatic rings. The molecular formula is C12H14ClN5O2. The van der Waals surface area contributed by atoms with Crippen molar-refractivity contribution in [3.63, 3.8) is 0 Å². The van der Waals surface area contributed by atoms with Crippen molar-refractivity contribution in [1.29, 1.82) is 0 Å². The molecule has 106 valence electrons. The highest BCUT2D eigenvalue weighted by atomic mass is 35.5. The summed E-state index contributed by atoms with van der Waals surface area (Å²) < 4.78 is 10.4. The van der Waals surface area contributed by atoms with Crippen LogP contribution in [-0.2, 0) is 0 Å². The zero-order chi connectivity index (χ0) is 14.5. The summed E-state index contributed by atoms with van der Waals surface area (Å²) in [6, 6.07) is 3.37. The maximum atomic E-state index is 6.09. The summed E-state index contributed by atoms with van der Waals surface area (Å²) in [5, 5.41) is 3.51. The third-order valence-electron chi connectivity index (χ3n) is 2.52. The Hall–Kier alpha value is -2.25. The van der Waals surface area contributed by atoms with Crippen LogP contribution in [0.5, 0.6) is 11.5 Å². The summed E-state index contributed by atoms with van der Waals surface area (Å²) in [6.07, 6.45) is 3.06. The summed E-state index contributed by atoms with van der Waals surface area (Å²) in [5.41, 5.74) is 3.06. The molecule has 0 aliphatic heterocycles. The highest BCUT2D eigenvalue weighted by Crippen LogP contribution is 2.37. The number of hydrazine groups is 1. The van der Waals surface area contributed by atoms with Gasteiger partial charge in [-0.05, 0) is 6.07 Å². The second-order valence-corrected chi connectivity index (χ2v) is 4.15. The van der Waals surface area contributed by atoms with Crippen LogP contribution in [0, 0.1) is 0 Å². The Morgan fingerprint density at radius 2 is 1.80 bits per heavy atom. The standard InChI is InChI=1S/C12H14ClN5O2/c1-19-9-4-10(20-2)8(3-7(9)13)16-11-5-15-6-12(17-11)18-14/h3-6H,14H2,1-2H3,(H2,16,17,18). The van der Waals surface area contributed by atoms with E-state index in [2.05, 4.69) is 20.7 Å². The molecule has 0 amide bonds. The molecule has 20 heavy (non-hydrogen) atoms. The Morgan fingerprint density at radius 3 is 2.45 bits per heavy atom. The Kier molecular flexibility index (Phi) is 4.44. The number of hydrogen-bond donors (Lipinski definition) is 3. The van der Waals surface area contributed by atoms with Gasteiger partial charge in [0, 0.05) is 6.07 Å². The minimum atomic E-state index is 0.438. The van der Waals surface area contributed by atoms with E-state index >= 15 is 0 Å². The van der Waals surface area contributed by atoms with Crippen molar-refractivity contribution in [2.24, 2.45) is 5.84 Å². The van der Waals surface area contributed by atoms with Gasteiger partial charge in [-0.2, -0.15) is 0 Å². The first-order valence-electron chi connectivity index (χ1n) is 5.65. The van der Waals surface area contributed by atoms with Crippen molar-refractivity contribution < 1.29 is 9.47 Å². The number of hydrogen-bond acceptors (Lipinski definition) is 7. The van der Waals surface area contributed by atoms with E-state index in [1.807, 2.05) is 0 Å². The quantitative estimate of drug-likeness (QED) is 0.575. The normalized spacial score (nSPS) is 10.0. The van der Waals surface area contributed by atoms with Gasteiger partial charge in [-0.15, -0.1) is 0 Å². The van der Waals surface area contributed by atoms with E-state index in [1.54, 1.807) is 25.4 Å². The maximum absolute atomic E-state index is 6.09. The molecule has 1 aromatic carbocycles. The predicted molar refractivity (Wildman–Crippen MR) is 77.7 cm³/mol. The highest BCUT2D eigenvalue weighted by Gasteiger charge is 2.11. The molecule has 1 aromatic heterocycles. The Bertz CT molecular complexity index is 608. The average Bonchev–Trinajstić information content (AvgIpc) is 2.48. The largest absolute Gasteiger partial charge is 0.495 e. The van der Waals surface area contributed by atoms with E-state index < -0.39 is 0 Å². The average molecular weight is 296 g/mol. The molecule has 0 atom stereocenters. The number of aromatic nitrogens is 2. The number of nitrogens with two attached hydrogens (primary N) is 1. The Morgan fingerprint density at radius 1 is 1.10 bits per heavy atom. The third-order valence-corrected chi connectivity index (χ3v) is 2.81. The fourth-order valence-electron chi connectivity index (χ4n) is 1.59. The molecule has 7 nitrogen and oxygen atoms in total. The maximum Gasteiger partial charge on any atom is 0.160 e. The summed E-state index contributed by atoms with van der Waals surface area (Å²) >= 11 is 6.09. The fraction of sp³-hybridized carbons (Fsp3) is 0.167. The molecule has 8 heteroatoms. The van der Waals surface area contributed by atoms with Gasteiger partial charge in [0.25, 0.3) is 0 Å². The van der Waals surface area contributed by atoms with E-state index in [0.29, 0.717) is 33.8 Å². The molecule has 0 saturated heterocycles. The number of anilines is 3. The molecule has 0 saturated carbocycles. The molecule has 0 bridgehead atoms. The number of rotatable bonds is 5. The molecule has 0 aliphatic rings. The van der Waals surface area contributed by atoms with Crippen LogP contribution in [0.2, 0.25) is 5.02 Å². The first-order valence-corrected chi connectivity index (χ1v) is 6.03. The fourth-order valence-corrected chi connectivity index (χ4v) is 1.83. The summed E-state index contributed by atoms with van der Waals surface area (Å²) in [4.78, 5) is 8.19. The Labute approximate surface area is 121 Å². The number of ether oxygens (including phenoxy) is 2. The highest BCUT2D eigenvalue weighted by molar-refractivity contribution is 6.32. The zero-order valence-corrected chi connectivity index (χ0v) is 11.7. The number of halogens is 1. The number of methoxy groups -OCH3 is 2. The molecule has 0 radical (unpaired) electrons. The van der Waals surface area contributed by atoms with Gasteiger partial charge in [0.1, 0.15) is 11.5 Å². The lowest BCUT2D eigenvalue weighted by Crippen LogP contribution is -2.09. The van der Waals surface area contributed by atoms with Gasteiger partial charge in [0.15, 0.2) is 11.6 Å². The topological polar surface area (TPSA) is 94.3 Å². The van der Waals surface area contributed by atoms with E-state index in [9.17, 15) is 0 Å². The Balaban J connectivity index is 2.34. The second kappa shape index (κ2) is 6.27. The van der Waals surface area contributed by atoms with E-state index in [1.165, 1.54) is 13.3 Å². The molecule has 0 aliphatic carbocycles.